The van der Waals surface area contributed by atoms with Crippen molar-refractivity contribution in [3.8, 4) is 0 Å². The zero-order valence-corrected chi connectivity index (χ0v) is 16.7. The van der Waals surface area contributed by atoms with Crippen LogP contribution in [0.3, 0.4) is 0 Å². The highest BCUT2D eigenvalue weighted by Crippen LogP contribution is 2.23. The SMILES string of the molecule is CC(C)(C)C(=O)N1CCCC(C(=O)NCCCNC(=O)c2cccs2)C1. The van der Waals surface area contributed by atoms with Crippen molar-refractivity contribution < 1.29 is 14.4 Å². The summed E-state index contributed by atoms with van der Waals surface area (Å²) in [6, 6.07) is 3.63. The summed E-state index contributed by atoms with van der Waals surface area (Å²) in [5.74, 6) is -0.113. The maximum absolute atomic E-state index is 12.4. The molecule has 26 heavy (non-hydrogen) atoms. The van der Waals surface area contributed by atoms with Crippen LogP contribution in [0.4, 0.5) is 0 Å². The molecule has 2 N–H and O–H groups in total. The molecular formula is C19H29N3O3S. The van der Waals surface area contributed by atoms with Crippen molar-refractivity contribution in [2.24, 2.45) is 11.3 Å². The van der Waals surface area contributed by atoms with Gasteiger partial charge in [0, 0.05) is 31.6 Å². The second-order valence-corrected chi connectivity index (χ2v) is 8.67. The molecule has 0 aliphatic carbocycles. The third-order valence-corrected chi connectivity index (χ3v) is 5.27. The highest BCUT2D eigenvalue weighted by Gasteiger charge is 2.33. The first-order valence-electron chi connectivity index (χ1n) is 9.18. The summed E-state index contributed by atoms with van der Waals surface area (Å²) in [6.07, 6.45) is 2.35. The van der Waals surface area contributed by atoms with Gasteiger partial charge in [-0.15, -0.1) is 11.3 Å². The first-order valence-corrected chi connectivity index (χ1v) is 10.1. The molecule has 2 heterocycles. The zero-order chi connectivity index (χ0) is 19.2. The second-order valence-electron chi connectivity index (χ2n) is 7.72. The molecule has 1 unspecified atom stereocenters. The predicted octanol–water partition coefficient (Wildman–Crippen LogP) is 2.27. The van der Waals surface area contributed by atoms with Crippen molar-refractivity contribution in [2.75, 3.05) is 26.2 Å². The van der Waals surface area contributed by atoms with Crippen molar-refractivity contribution in [2.45, 2.75) is 40.0 Å². The van der Waals surface area contributed by atoms with Gasteiger partial charge in [0.1, 0.15) is 0 Å². The molecule has 0 spiro atoms. The standard InChI is InChI=1S/C19H29N3O3S/c1-19(2,3)18(25)22-11-4-7-14(13-22)16(23)20-9-6-10-21-17(24)15-8-5-12-26-15/h5,8,12,14H,4,6-7,9-11,13H2,1-3H3,(H,20,23)(H,21,24). The number of piperidine rings is 1. The Labute approximate surface area is 159 Å². The fraction of sp³-hybridized carbons (Fsp3) is 0.632. The van der Waals surface area contributed by atoms with Crippen LogP contribution in [0.25, 0.3) is 0 Å². The summed E-state index contributed by atoms with van der Waals surface area (Å²) in [6.45, 7) is 7.99. The minimum Gasteiger partial charge on any atom is -0.356 e. The van der Waals surface area contributed by atoms with Crippen LogP contribution in [-0.4, -0.2) is 48.8 Å². The predicted molar refractivity (Wildman–Crippen MR) is 103 cm³/mol. The Hall–Kier alpha value is -1.89. The molecule has 2 rings (SSSR count). The lowest BCUT2D eigenvalue weighted by Gasteiger charge is -2.35. The van der Waals surface area contributed by atoms with E-state index in [1.54, 1.807) is 6.07 Å². The number of nitrogens with zero attached hydrogens (tertiary/aromatic N) is 1. The van der Waals surface area contributed by atoms with E-state index in [1.165, 1.54) is 11.3 Å². The average Bonchev–Trinajstić information content (AvgIpc) is 3.14. The fourth-order valence-electron chi connectivity index (χ4n) is 2.99. The van der Waals surface area contributed by atoms with Crippen LogP contribution < -0.4 is 10.6 Å². The summed E-state index contributed by atoms with van der Waals surface area (Å²) in [5.41, 5.74) is -0.418. The van der Waals surface area contributed by atoms with Gasteiger partial charge in [-0.25, -0.2) is 0 Å². The van der Waals surface area contributed by atoms with Crippen molar-refractivity contribution >= 4 is 29.1 Å². The first-order chi connectivity index (χ1) is 12.3. The van der Waals surface area contributed by atoms with E-state index < -0.39 is 5.41 Å². The molecule has 0 aromatic carbocycles. The Kier molecular flexibility index (Phi) is 7.20. The lowest BCUT2D eigenvalue weighted by atomic mass is 9.91. The van der Waals surface area contributed by atoms with Gasteiger partial charge in [-0.1, -0.05) is 26.8 Å². The Morgan fingerprint density at radius 3 is 2.62 bits per heavy atom. The van der Waals surface area contributed by atoms with Crippen molar-refractivity contribution in [1.82, 2.24) is 15.5 Å². The van der Waals surface area contributed by atoms with E-state index >= 15 is 0 Å². The molecule has 1 aromatic heterocycles. The molecule has 3 amide bonds. The molecule has 1 atom stereocenters. The van der Waals surface area contributed by atoms with E-state index in [4.69, 9.17) is 0 Å². The van der Waals surface area contributed by atoms with E-state index in [-0.39, 0.29) is 23.6 Å². The maximum Gasteiger partial charge on any atom is 0.261 e. The number of carbonyl (C=O) groups excluding carboxylic acids is 3. The molecule has 7 heteroatoms. The number of thiophene rings is 1. The van der Waals surface area contributed by atoms with E-state index in [9.17, 15) is 14.4 Å². The molecule has 0 radical (unpaired) electrons. The monoisotopic (exact) mass is 379 g/mol. The summed E-state index contributed by atoms with van der Waals surface area (Å²) in [7, 11) is 0. The summed E-state index contributed by atoms with van der Waals surface area (Å²) < 4.78 is 0. The van der Waals surface area contributed by atoms with E-state index in [0.717, 1.165) is 19.4 Å². The number of carbonyl (C=O) groups is 3. The number of rotatable bonds is 6. The highest BCUT2D eigenvalue weighted by atomic mass is 32.1. The quantitative estimate of drug-likeness (QED) is 0.744. The van der Waals surface area contributed by atoms with Gasteiger partial charge in [0.05, 0.1) is 10.8 Å². The van der Waals surface area contributed by atoms with Gasteiger partial charge in [0.15, 0.2) is 0 Å². The number of amides is 3. The largest absolute Gasteiger partial charge is 0.356 e. The molecule has 1 aromatic rings. The van der Waals surface area contributed by atoms with Crippen LogP contribution in [0.1, 0.15) is 49.7 Å². The van der Waals surface area contributed by atoms with Gasteiger partial charge in [0.25, 0.3) is 5.91 Å². The van der Waals surface area contributed by atoms with Crippen LogP contribution >= 0.6 is 11.3 Å². The molecule has 1 fully saturated rings. The van der Waals surface area contributed by atoms with Gasteiger partial charge in [-0.2, -0.15) is 0 Å². The molecule has 1 aliphatic rings. The van der Waals surface area contributed by atoms with Crippen molar-refractivity contribution in [3.63, 3.8) is 0 Å². The second kappa shape index (κ2) is 9.16. The van der Waals surface area contributed by atoms with E-state index in [0.29, 0.717) is 30.9 Å². The Bertz CT molecular complexity index is 622. The Morgan fingerprint density at radius 2 is 1.96 bits per heavy atom. The van der Waals surface area contributed by atoms with Crippen LogP contribution in [0, 0.1) is 11.3 Å². The van der Waals surface area contributed by atoms with Crippen LogP contribution in [-0.2, 0) is 9.59 Å². The summed E-state index contributed by atoms with van der Waals surface area (Å²) in [4.78, 5) is 39.1. The number of likely N-dealkylation sites (tertiary alicyclic amines) is 1. The van der Waals surface area contributed by atoms with Gasteiger partial charge >= 0.3 is 0 Å². The molecule has 144 valence electrons. The number of hydrogen-bond donors (Lipinski definition) is 2. The number of nitrogens with one attached hydrogen (secondary N) is 2. The number of hydrogen-bond acceptors (Lipinski definition) is 4. The minimum absolute atomic E-state index is 0.000919. The average molecular weight is 380 g/mol. The van der Waals surface area contributed by atoms with Crippen LogP contribution in [0.15, 0.2) is 17.5 Å². The smallest absolute Gasteiger partial charge is 0.261 e. The molecule has 6 nitrogen and oxygen atoms in total. The van der Waals surface area contributed by atoms with E-state index in [1.807, 2.05) is 37.1 Å². The zero-order valence-electron chi connectivity index (χ0n) is 15.8. The topological polar surface area (TPSA) is 78.5 Å². The Morgan fingerprint density at radius 1 is 1.23 bits per heavy atom. The van der Waals surface area contributed by atoms with Crippen molar-refractivity contribution in [1.29, 1.82) is 0 Å². The van der Waals surface area contributed by atoms with Crippen LogP contribution in [0.5, 0.6) is 0 Å². The minimum atomic E-state index is -0.418. The maximum atomic E-state index is 12.4. The third-order valence-electron chi connectivity index (χ3n) is 4.40. The Balaban J connectivity index is 1.67. The van der Waals surface area contributed by atoms with Gasteiger partial charge in [-0.3, -0.25) is 14.4 Å². The summed E-state index contributed by atoms with van der Waals surface area (Å²) in [5, 5.41) is 7.65. The first kappa shape index (κ1) is 20.4. The fourth-order valence-corrected chi connectivity index (χ4v) is 3.63. The van der Waals surface area contributed by atoms with Crippen molar-refractivity contribution in [3.05, 3.63) is 22.4 Å². The van der Waals surface area contributed by atoms with E-state index in [2.05, 4.69) is 10.6 Å². The molecule has 1 saturated heterocycles. The van der Waals surface area contributed by atoms with Gasteiger partial charge in [-0.05, 0) is 30.7 Å². The van der Waals surface area contributed by atoms with Gasteiger partial charge in [0.2, 0.25) is 11.8 Å². The molecule has 0 saturated carbocycles. The molecular weight excluding hydrogens is 350 g/mol. The van der Waals surface area contributed by atoms with Gasteiger partial charge < -0.3 is 15.5 Å². The third kappa shape index (κ3) is 5.83. The molecule has 1 aliphatic heterocycles. The highest BCUT2D eigenvalue weighted by molar-refractivity contribution is 7.12. The summed E-state index contributed by atoms with van der Waals surface area (Å²) >= 11 is 1.41. The lowest BCUT2D eigenvalue weighted by molar-refractivity contribution is -0.142. The lowest BCUT2D eigenvalue weighted by Crippen LogP contribution is -2.48. The normalized spacial score (nSPS) is 17.7. The van der Waals surface area contributed by atoms with Crippen LogP contribution in [0.2, 0.25) is 0 Å². The molecule has 0 bridgehead atoms.